The van der Waals surface area contributed by atoms with Gasteiger partial charge in [0.25, 0.3) is 0 Å². The van der Waals surface area contributed by atoms with Crippen LogP contribution in [0.5, 0.6) is 0 Å². The predicted molar refractivity (Wildman–Crippen MR) is 123 cm³/mol. The Balaban J connectivity index is 1.65. The van der Waals surface area contributed by atoms with Crippen LogP contribution in [0.2, 0.25) is 0 Å². The third-order valence-electron chi connectivity index (χ3n) is 5.58. The number of nitrogens with one attached hydrogen (secondary N) is 2. The molecule has 1 aliphatic heterocycles. The van der Waals surface area contributed by atoms with Gasteiger partial charge in [-0.2, -0.15) is 0 Å². The van der Waals surface area contributed by atoms with Crippen molar-refractivity contribution in [2.24, 2.45) is 0 Å². The Bertz CT molecular complexity index is 1440. The van der Waals surface area contributed by atoms with Crippen LogP contribution in [0.15, 0.2) is 47.8 Å². The van der Waals surface area contributed by atoms with E-state index in [0.29, 0.717) is 22.6 Å². The number of aryl methyl sites for hydroxylation is 1. The molecule has 0 bridgehead atoms. The summed E-state index contributed by atoms with van der Waals surface area (Å²) < 4.78 is 41.7. The summed E-state index contributed by atoms with van der Waals surface area (Å²) in [5, 5.41) is 7.65. The summed E-state index contributed by atoms with van der Waals surface area (Å²) in [6.45, 7) is 5.08. The maximum absolute atomic E-state index is 14.6. The van der Waals surface area contributed by atoms with E-state index in [9.17, 15) is 12.8 Å². The molecule has 0 radical (unpaired) electrons. The number of nitrogens with zero attached hydrogens (tertiary/aromatic N) is 4. The van der Waals surface area contributed by atoms with Gasteiger partial charge in [0, 0.05) is 68.2 Å². The van der Waals surface area contributed by atoms with Gasteiger partial charge < -0.3 is 19.9 Å². The topological polar surface area (TPSA) is 91.6 Å². The zero-order valence-corrected chi connectivity index (χ0v) is 18.6. The van der Waals surface area contributed by atoms with Gasteiger partial charge in [0.15, 0.2) is 21.3 Å². The number of benzene rings is 1. The summed E-state index contributed by atoms with van der Waals surface area (Å²) in [6.07, 6.45) is 6.24. The fraction of sp³-hybridized carbons (Fsp3) is 0.273. The minimum atomic E-state index is -3.56. The van der Waals surface area contributed by atoms with Gasteiger partial charge in [-0.05, 0) is 30.5 Å². The van der Waals surface area contributed by atoms with Crippen molar-refractivity contribution in [2.75, 3.05) is 42.7 Å². The molecule has 0 amide bonds. The number of piperazine rings is 1. The second-order valence-corrected chi connectivity index (χ2v) is 10.0. The van der Waals surface area contributed by atoms with Crippen LogP contribution in [0.4, 0.5) is 21.6 Å². The third kappa shape index (κ3) is 3.76. The number of sulfone groups is 1. The normalized spacial score (nSPS) is 14.9. The number of rotatable bonds is 4. The minimum Gasteiger partial charge on any atom is -0.369 e. The molecular formula is C22H23FN6O2S. The van der Waals surface area contributed by atoms with Gasteiger partial charge in [-0.3, -0.25) is 0 Å². The van der Waals surface area contributed by atoms with Crippen LogP contribution in [0.25, 0.3) is 16.4 Å². The monoisotopic (exact) mass is 454 g/mol. The number of halogens is 1. The number of hydrogen-bond donors (Lipinski definition) is 2. The molecule has 4 heterocycles. The number of anilines is 3. The van der Waals surface area contributed by atoms with Gasteiger partial charge in [0.05, 0.1) is 16.3 Å². The molecule has 1 saturated heterocycles. The SMILES string of the molecule is Cc1cn2cc(Nc3nccc4cc(N5CCNCC5)cc(S(C)(=O)=O)c34)cc(F)c2n1. The smallest absolute Gasteiger partial charge is 0.176 e. The van der Waals surface area contributed by atoms with E-state index in [2.05, 4.69) is 25.5 Å². The van der Waals surface area contributed by atoms with E-state index in [-0.39, 0.29) is 10.5 Å². The lowest BCUT2D eigenvalue weighted by Gasteiger charge is -2.30. The van der Waals surface area contributed by atoms with Crippen LogP contribution < -0.4 is 15.5 Å². The van der Waals surface area contributed by atoms with Crippen molar-refractivity contribution in [1.29, 1.82) is 0 Å². The molecule has 3 aromatic heterocycles. The van der Waals surface area contributed by atoms with Gasteiger partial charge in [-0.1, -0.05) is 0 Å². The first-order valence-electron chi connectivity index (χ1n) is 10.3. The van der Waals surface area contributed by atoms with Crippen molar-refractivity contribution in [3.63, 3.8) is 0 Å². The zero-order valence-electron chi connectivity index (χ0n) is 17.8. The van der Waals surface area contributed by atoms with Crippen molar-refractivity contribution < 1.29 is 12.8 Å². The summed E-state index contributed by atoms with van der Waals surface area (Å²) in [5.74, 6) is -0.127. The highest BCUT2D eigenvalue weighted by Gasteiger charge is 2.21. The first-order valence-corrected chi connectivity index (χ1v) is 12.2. The lowest BCUT2D eigenvalue weighted by Crippen LogP contribution is -2.43. The number of pyridine rings is 2. The fourth-order valence-corrected chi connectivity index (χ4v) is 5.06. The standard InChI is InChI=1S/C22H23FN6O2S/c1-14-12-29-13-16(10-18(23)22(29)26-14)27-21-20-15(3-4-25-21)9-17(11-19(20)32(2,30)31)28-7-5-24-6-8-28/h3-4,9-13,24H,5-8H2,1-2H3,(H,25,27). The molecule has 1 aliphatic rings. The van der Waals surface area contributed by atoms with Gasteiger partial charge >= 0.3 is 0 Å². The Labute approximate surface area is 185 Å². The highest BCUT2D eigenvalue weighted by molar-refractivity contribution is 7.91. The van der Waals surface area contributed by atoms with E-state index in [1.54, 1.807) is 42.0 Å². The van der Waals surface area contributed by atoms with E-state index < -0.39 is 15.7 Å². The van der Waals surface area contributed by atoms with E-state index in [1.807, 2.05) is 6.07 Å². The Morgan fingerprint density at radius 1 is 1.16 bits per heavy atom. The van der Waals surface area contributed by atoms with Crippen molar-refractivity contribution in [3.05, 3.63) is 54.4 Å². The number of fused-ring (bicyclic) bond motifs is 2. The maximum Gasteiger partial charge on any atom is 0.176 e. The highest BCUT2D eigenvalue weighted by atomic mass is 32.2. The van der Waals surface area contributed by atoms with Crippen LogP contribution in [0.1, 0.15) is 5.69 Å². The second-order valence-electron chi connectivity index (χ2n) is 8.03. The van der Waals surface area contributed by atoms with Gasteiger partial charge in [-0.25, -0.2) is 22.8 Å². The number of aromatic nitrogens is 3. The van der Waals surface area contributed by atoms with E-state index in [1.165, 1.54) is 12.3 Å². The summed E-state index contributed by atoms with van der Waals surface area (Å²) >= 11 is 0. The summed E-state index contributed by atoms with van der Waals surface area (Å²) in [5.41, 5.74) is 2.23. The first-order chi connectivity index (χ1) is 15.3. The lowest BCUT2D eigenvalue weighted by atomic mass is 10.1. The first kappa shape index (κ1) is 20.7. The molecule has 0 unspecified atom stereocenters. The molecule has 10 heteroatoms. The third-order valence-corrected chi connectivity index (χ3v) is 6.70. The van der Waals surface area contributed by atoms with E-state index in [0.717, 1.165) is 37.3 Å². The fourth-order valence-electron chi connectivity index (χ4n) is 4.14. The Hall–Kier alpha value is -3.24. The Kier molecular flexibility index (Phi) is 4.98. The molecule has 166 valence electrons. The van der Waals surface area contributed by atoms with Crippen molar-refractivity contribution in [3.8, 4) is 0 Å². The Morgan fingerprint density at radius 2 is 1.94 bits per heavy atom. The molecule has 1 fully saturated rings. The molecule has 8 nitrogen and oxygen atoms in total. The molecule has 32 heavy (non-hydrogen) atoms. The average Bonchev–Trinajstić information content (AvgIpc) is 3.14. The largest absolute Gasteiger partial charge is 0.369 e. The lowest BCUT2D eigenvalue weighted by molar-refractivity contribution is 0.588. The maximum atomic E-state index is 14.6. The second kappa shape index (κ2) is 7.72. The van der Waals surface area contributed by atoms with Crippen LogP contribution in [-0.2, 0) is 9.84 Å². The minimum absolute atomic E-state index is 0.194. The van der Waals surface area contributed by atoms with Crippen molar-refractivity contribution in [2.45, 2.75) is 11.8 Å². The van der Waals surface area contributed by atoms with Crippen molar-refractivity contribution in [1.82, 2.24) is 19.7 Å². The molecular weight excluding hydrogens is 431 g/mol. The molecule has 0 atom stereocenters. The van der Waals surface area contributed by atoms with Gasteiger partial charge in [0.2, 0.25) is 0 Å². The molecule has 0 saturated carbocycles. The van der Waals surface area contributed by atoms with Crippen LogP contribution in [0, 0.1) is 12.7 Å². The number of imidazole rings is 1. The highest BCUT2D eigenvalue weighted by Crippen LogP contribution is 2.35. The predicted octanol–water partition coefficient (Wildman–Crippen LogP) is 2.89. The molecule has 2 N–H and O–H groups in total. The average molecular weight is 455 g/mol. The van der Waals surface area contributed by atoms with Gasteiger partial charge in [0.1, 0.15) is 5.82 Å². The van der Waals surface area contributed by atoms with Crippen LogP contribution in [0.3, 0.4) is 0 Å². The summed E-state index contributed by atoms with van der Waals surface area (Å²) in [7, 11) is -3.56. The Morgan fingerprint density at radius 3 is 2.69 bits per heavy atom. The van der Waals surface area contributed by atoms with Crippen LogP contribution in [-0.4, -0.2) is 55.2 Å². The van der Waals surface area contributed by atoms with Gasteiger partial charge in [-0.15, -0.1) is 0 Å². The molecule has 5 rings (SSSR count). The molecule has 4 aromatic rings. The molecule has 0 spiro atoms. The zero-order chi connectivity index (χ0) is 22.5. The molecule has 1 aromatic carbocycles. The van der Waals surface area contributed by atoms with Crippen molar-refractivity contribution >= 4 is 43.4 Å². The number of hydrogen-bond acceptors (Lipinski definition) is 7. The summed E-state index contributed by atoms with van der Waals surface area (Å²) in [6, 6.07) is 6.81. The van der Waals surface area contributed by atoms with E-state index >= 15 is 0 Å². The summed E-state index contributed by atoms with van der Waals surface area (Å²) in [4.78, 5) is 10.9. The van der Waals surface area contributed by atoms with Crippen LogP contribution >= 0.6 is 0 Å². The quantitative estimate of drug-likeness (QED) is 0.490. The molecule has 0 aliphatic carbocycles. The van der Waals surface area contributed by atoms with E-state index in [4.69, 9.17) is 0 Å².